The lowest BCUT2D eigenvalue weighted by atomic mass is 9.89. The minimum atomic E-state index is -4.62. The SMILES string of the molecule is CC(NC(=O)C1CCN(S(=O)(=O)c2cccc(C(F)(F)F)c2)CC1)c1ccc2c(c1)CCCC2. The van der Waals surface area contributed by atoms with Crippen molar-refractivity contribution in [3.8, 4) is 0 Å². The number of halogens is 3. The lowest BCUT2D eigenvalue weighted by molar-refractivity contribution is -0.137. The summed E-state index contributed by atoms with van der Waals surface area (Å²) < 4.78 is 65.9. The van der Waals surface area contributed by atoms with Crippen LogP contribution in [0.1, 0.15) is 60.9 Å². The Morgan fingerprint density at radius 3 is 2.38 bits per heavy atom. The molecule has 1 unspecified atom stereocenters. The van der Waals surface area contributed by atoms with Gasteiger partial charge in [-0.3, -0.25) is 4.79 Å². The van der Waals surface area contributed by atoms with Crippen LogP contribution in [0.5, 0.6) is 0 Å². The van der Waals surface area contributed by atoms with Gasteiger partial charge >= 0.3 is 6.18 Å². The minimum Gasteiger partial charge on any atom is -0.349 e. The summed E-state index contributed by atoms with van der Waals surface area (Å²) in [7, 11) is -4.07. The second kappa shape index (κ2) is 9.70. The van der Waals surface area contributed by atoms with Crippen molar-refractivity contribution in [2.45, 2.75) is 62.6 Å². The van der Waals surface area contributed by atoms with Gasteiger partial charge in [-0.05, 0) is 80.3 Å². The molecule has 0 radical (unpaired) electrons. The molecule has 2 aromatic carbocycles. The fraction of sp³-hybridized carbons (Fsp3) is 0.480. The zero-order valence-corrected chi connectivity index (χ0v) is 19.9. The Morgan fingerprint density at radius 2 is 1.71 bits per heavy atom. The molecule has 1 amide bonds. The standard InChI is InChI=1S/C25H29F3N2O3S/c1-17(20-10-9-18-5-2-3-6-21(18)15-20)29-24(31)19-11-13-30(14-12-19)34(32,33)23-8-4-7-22(16-23)25(26,27)28/h4,7-10,15-17,19H,2-3,5-6,11-14H2,1H3,(H,29,31). The van der Waals surface area contributed by atoms with E-state index in [0.29, 0.717) is 18.9 Å². The molecule has 1 aliphatic heterocycles. The second-order valence-corrected chi connectivity index (χ2v) is 11.1. The molecule has 1 saturated heterocycles. The van der Waals surface area contributed by atoms with E-state index in [1.54, 1.807) is 0 Å². The Hall–Kier alpha value is -2.39. The molecule has 0 aromatic heterocycles. The monoisotopic (exact) mass is 494 g/mol. The number of carbonyl (C=O) groups is 1. The molecule has 0 spiro atoms. The number of hydrogen-bond acceptors (Lipinski definition) is 3. The van der Waals surface area contributed by atoms with E-state index in [4.69, 9.17) is 0 Å². The molecule has 1 fully saturated rings. The fourth-order valence-corrected chi connectivity index (χ4v) is 6.29. The van der Waals surface area contributed by atoms with Crippen molar-refractivity contribution in [1.29, 1.82) is 0 Å². The maximum Gasteiger partial charge on any atom is 0.416 e. The molecule has 0 saturated carbocycles. The van der Waals surface area contributed by atoms with E-state index < -0.39 is 21.8 Å². The number of piperidine rings is 1. The molecule has 0 bridgehead atoms. The van der Waals surface area contributed by atoms with Gasteiger partial charge in [0.1, 0.15) is 0 Å². The van der Waals surface area contributed by atoms with Crippen LogP contribution in [0.2, 0.25) is 0 Å². The van der Waals surface area contributed by atoms with Gasteiger partial charge in [0, 0.05) is 19.0 Å². The molecule has 4 rings (SSSR count). The second-order valence-electron chi connectivity index (χ2n) is 9.17. The van der Waals surface area contributed by atoms with Gasteiger partial charge in [-0.2, -0.15) is 17.5 Å². The van der Waals surface area contributed by atoms with Crippen molar-refractivity contribution < 1.29 is 26.4 Å². The molecule has 2 aromatic rings. The van der Waals surface area contributed by atoms with Crippen LogP contribution < -0.4 is 5.32 Å². The predicted octanol–water partition coefficient (Wildman–Crippen LogP) is 4.86. The van der Waals surface area contributed by atoms with Gasteiger partial charge in [0.15, 0.2) is 0 Å². The molecule has 184 valence electrons. The number of fused-ring (bicyclic) bond motifs is 1. The maximum atomic E-state index is 13.0. The summed E-state index contributed by atoms with van der Waals surface area (Å²) in [6.45, 7) is 2.11. The van der Waals surface area contributed by atoms with E-state index in [0.717, 1.165) is 30.5 Å². The van der Waals surface area contributed by atoms with Gasteiger partial charge in [0.05, 0.1) is 16.5 Å². The first-order valence-corrected chi connectivity index (χ1v) is 13.1. The molecular formula is C25H29F3N2O3S. The molecule has 5 nitrogen and oxygen atoms in total. The highest BCUT2D eigenvalue weighted by molar-refractivity contribution is 7.89. The summed E-state index contributed by atoms with van der Waals surface area (Å²) in [5.41, 5.74) is 2.78. The normalized spacial score (nSPS) is 18.8. The Morgan fingerprint density at radius 1 is 1.03 bits per heavy atom. The van der Waals surface area contributed by atoms with Crippen LogP contribution in [0.4, 0.5) is 13.2 Å². The van der Waals surface area contributed by atoms with Crippen LogP contribution in [0, 0.1) is 5.92 Å². The van der Waals surface area contributed by atoms with Crippen LogP contribution in [0.25, 0.3) is 0 Å². The van der Waals surface area contributed by atoms with Crippen molar-refractivity contribution >= 4 is 15.9 Å². The van der Waals surface area contributed by atoms with Gasteiger partial charge < -0.3 is 5.32 Å². The summed E-state index contributed by atoms with van der Waals surface area (Å²) in [5.74, 6) is -0.464. The lowest BCUT2D eigenvalue weighted by Gasteiger charge is -2.31. The zero-order chi connectivity index (χ0) is 24.5. The van der Waals surface area contributed by atoms with E-state index >= 15 is 0 Å². The third-order valence-corrected chi connectivity index (χ3v) is 8.75. The summed E-state index contributed by atoms with van der Waals surface area (Å²) in [6.07, 6.45) is 0.564. The summed E-state index contributed by atoms with van der Waals surface area (Å²) in [6, 6.07) is 9.98. The van der Waals surface area contributed by atoms with Crippen LogP contribution in [0.15, 0.2) is 47.4 Å². The Kier molecular flexibility index (Phi) is 7.05. The van der Waals surface area contributed by atoms with Gasteiger partial charge in [-0.15, -0.1) is 0 Å². The van der Waals surface area contributed by atoms with E-state index in [9.17, 15) is 26.4 Å². The largest absolute Gasteiger partial charge is 0.416 e. The highest BCUT2D eigenvalue weighted by atomic mass is 32.2. The third kappa shape index (κ3) is 5.30. The highest BCUT2D eigenvalue weighted by Crippen LogP contribution is 2.32. The van der Waals surface area contributed by atoms with E-state index in [-0.39, 0.29) is 35.9 Å². The molecule has 1 heterocycles. The van der Waals surface area contributed by atoms with Crippen LogP contribution in [-0.4, -0.2) is 31.7 Å². The minimum absolute atomic E-state index is 0.0872. The zero-order valence-electron chi connectivity index (χ0n) is 19.1. The van der Waals surface area contributed by atoms with Crippen molar-refractivity contribution in [2.24, 2.45) is 5.92 Å². The number of aryl methyl sites for hydroxylation is 2. The third-order valence-electron chi connectivity index (χ3n) is 6.86. The fourth-order valence-electron chi connectivity index (χ4n) is 4.78. The van der Waals surface area contributed by atoms with Crippen LogP contribution in [-0.2, 0) is 33.8 Å². The first-order valence-electron chi connectivity index (χ1n) is 11.6. The number of carbonyl (C=O) groups excluding carboxylic acids is 1. The van der Waals surface area contributed by atoms with Gasteiger partial charge in [-0.25, -0.2) is 8.42 Å². The number of rotatable bonds is 5. The number of alkyl halides is 3. The number of hydrogen-bond donors (Lipinski definition) is 1. The topological polar surface area (TPSA) is 66.5 Å². The van der Waals surface area contributed by atoms with E-state index in [1.807, 2.05) is 6.92 Å². The first-order chi connectivity index (χ1) is 16.1. The summed E-state index contributed by atoms with van der Waals surface area (Å²) >= 11 is 0. The van der Waals surface area contributed by atoms with Gasteiger partial charge in [0.25, 0.3) is 0 Å². The van der Waals surface area contributed by atoms with E-state index in [2.05, 4.69) is 23.5 Å². The summed E-state index contributed by atoms with van der Waals surface area (Å²) in [4.78, 5) is 12.5. The predicted molar refractivity (Wildman–Crippen MR) is 123 cm³/mol. The van der Waals surface area contributed by atoms with Crippen molar-refractivity contribution in [3.05, 3.63) is 64.7 Å². The van der Waals surface area contributed by atoms with Crippen LogP contribution >= 0.6 is 0 Å². The number of nitrogens with one attached hydrogen (secondary N) is 1. The van der Waals surface area contributed by atoms with Gasteiger partial charge in [0.2, 0.25) is 15.9 Å². The smallest absolute Gasteiger partial charge is 0.349 e. The quantitative estimate of drug-likeness (QED) is 0.646. The van der Waals surface area contributed by atoms with Crippen LogP contribution in [0.3, 0.4) is 0 Å². The van der Waals surface area contributed by atoms with Crippen molar-refractivity contribution in [2.75, 3.05) is 13.1 Å². The lowest BCUT2D eigenvalue weighted by Crippen LogP contribution is -2.43. The highest BCUT2D eigenvalue weighted by Gasteiger charge is 2.35. The summed E-state index contributed by atoms with van der Waals surface area (Å²) in [5, 5.41) is 3.05. The molecule has 2 aliphatic rings. The molecule has 9 heteroatoms. The molecular weight excluding hydrogens is 465 g/mol. The number of amides is 1. The van der Waals surface area contributed by atoms with E-state index in [1.165, 1.54) is 34.3 Å². The van der Waals surface area contributed by atoms with Crippen molar-refractivity contribution in [3.63, 3.8) is 0 Å². The maximum absolute atomic E-state index is 13.0. The molecule has 34 heavy (non-hydrogen) atoms. The Labute approximate surface area is 198 Å². The molecule has 1 aliphatic carbocycles. The number of benzene rings is 2. The Bertz CT molecular complexity index is 1160. The molecule has 1 N–H and O–H groups in total. The number of nitrogens with zero attached hydrogens (tertiary/aromatic N) is 1. The first kappa shape index (κ1) is 24.7. The average Bonchev–Trinajstić information content (AvgIpc) is 2.83. The Balaban J connectivity index is 1.36. The van der Waals surface area contributed by atoms with Crippen molar-refractivity contribution in [1.82, 2.24) is 9.62 Å². The average molecular weight is 495 g/mol. The number of sulfonamides is 1. The molecule has 1 atom stereocenters. The van der Waals surface area contributed by atoms with Gasteiger partial charge in [-0.1, -0.05) is 24.3 Å².